The summed E-state index contributed by atoms with van der Waals surface area (Å²) in [5.74, 6) is 2.39. The standard InChI is InChI=1S/C25H33N5O/c1-17-27-23(15-24(28-17)30(2)3)22(29-25(31)13-12-18-8-4-5-9-18)14-19-16-26-21-11-7-6-10-20(19)21/h6-7,10-11,15-16,18,22,26H,4-5,8-9,12-14H2,1-3H3,(H,29,31)/t22-/m1/s1. The Bertz CT molecular complexity index is 1040. The molecule has 2 N–H and O–H groups in total. The van der Waals surface area contributed by atoms with Crippen LogP contribution in [0.25, 0.3) is 10.9 Å². The van der Waals surface area contributed by atoms with Crippen molar-refractivity contribution in [2.24, 2.45) is 5.92 Å². The molecule has 164 valence electrons. The van der Waals surface area contributed by atoms with E-state index in [-0.39, 0.29) is 11.9 Å². The maximum absolute atomic E-state index is 12.9. The Labute approximate surface area is 184 Å². The molecule has 4 rings (SSSR count). The number of aryl methyl sites for hydroxylation is 1. The number of aromatic nitrogens is 3. The molecule has 0 aliphatic heterocycles. The zero-order chi connectivity index (χ0) is 21.8. The van der Waals surface area contributed by atoms with E-state index in [0.717, 1.165) is 23.4 Å². The van der Waals surface area contributed by atoms with Crippen LogP contribution in [0.4, 0.5) is 5.82 Å². The number of aromatic amines is 1. The van der Waals surface area contributed by atoms with Crippen molar-refractivity contribution in [2.45, 2.75) is 57.9 Å². The van der Waals surface area contributed by atoms with Crippen LogP contribution in [-0.2, 0) is 11.2 Å². The average molecular weight is 420 g/mol. The molecule has 1 aromatic carbocycles. The van der Waals surface area contributed by atoms with E-state index >= 15 is 0 Å². The van der Waals surface area contributed by atoms with Crippen LogP contribution in [0.1, 0.15) is 61.6 Å². The lowest BCUT2D eigenvalue weighted by Crippen LogP contribution is -2.31. The molecular formula is C25H33N5O. The molecular weight excluding hydrogens is 386 g/mol. The molecule has 0 saturated heterocycles. The number of hydrogen-bond donors (Lipinski definition) is 2. The maximum atomic E-state index is 12.9. The predicted molar refractivity (Wildman–Crippen MR) is 125 cm³/mol. The van der Waals surface area contributed by atoms with Gasteiger partial charge in [-0.2, -0.15) is 0 Å². The van der Waals surface area contributed by atoms with Gasteiger partial charge in [-0.3, -0.25) is 4.79 Å². The highest BCUT2D eigenvalue weighted by molar-refractivity contribution is 5.83. The Hall–Kier alpha value is -2.89. The number of nitrogens with one attached hydrogen (secondary N) is 2. The van der Waals surface area contributed by atoms with E-state index in [1.165, 1.54) is 36.6 Å². The number of amides is 1. The van der Waals surface area contributed by atoms with Gasteiger partial charge in [0.05, 0.1) is 11.7 Å². The molecule has 1 aliphatic rings. The van der Waals surface area contributed by atoms with Gasteiger partial charge < -0.3 is 15.2 Å². The van der Waals surface area contributed by atoms with Crippen molar-refractivity contribution in [1.82, 2.24) is 20.3 Å². The van der Waals surface area contributed by atoms with Gasteiger partial charge in [0.15, 0.2) is 0 Å². The fourth-order valence-electron chi connectivity index (χ4n) is 4.63. The minimum atomic E-state index is -0.198. The number of benzene rings is 1. The third kappa shape index (κ3) is 5.24. The van der Waals surface area contributed by atoms with Gasteiger partial charge in [0.2, 0.25) is 5.91 Å². The molecule has 3 aromatic rings. The number of nitrogens with zero attached hydrogens (tertiary/aromatic N) is 3. The first-order valence-corrected chi connectivity index (χ1v) is 11.4. The lowest BCUT2D eigenvalue weighted by atomic mass is 9.99. The lowest BCUT2D eigenvalue weighted by molar-refractivity contribution is -0.122. The first kappa shape index (κ1) is 21.3. The zero-order valence-electron chi connectivity index (χ0n) is 18.8. The fraction of sp³-hybridized carbons (Fsp3) is 0.480. The van der Waals surface area contributed by atoms with E-state index in [4.69, 9.17) is 4.98 Å². The van der Waals surface area contributed by atoms with E-state index in [9.17, 15) is 4.79 Å². The predicted octanol–water partition coefficient (Wildman–Crippen LogP) is 4.70. The van der Waals surface area contributed by atoms with Crippen molar-refractivity contribution < 1.29 is 4.79 Å². The normalized spacial score (nSPS) is 15.3. The highest BCUT2D eigenvalue weighted by Gasteiger charge is 2.22. The Morgan fingerprint density at radius 1 is 1.23 bits per heavy atom. The summed E-state index contributed by atoms with van der Waals surface area (Å²) in [6.07, 6.45) is 9.45. The van der Waals surface area contributed by atoms with Crippen LogP contribution in [0.3, 0.4) is 0 Å². The van der Waals surface area contributed by atoms with Crippen LogP contribution in [0.15, 0.2) is 36.5 Å². The van der Waals surface area contributed by atoms with Gasteiger partial charge in [-0.25, -0.2) is 9.97 Å². The van der Waals surface area contributed by atoms with Crippen LogP contribution in [0.5, 0.6) is 0 Å². The number of carbonyl (C=O) groups excluding carboxylic acids is 1. The first-order chi connectivity index (χ1) is 15.0. The molecule has 1 aliphatic carbocycles. The third-order valence-electron chi connectivity index (χ3n) is 6.35. The number of fused-ring (bicyclic) bond motifs is 1. The maximum Gasteiger partial charge on any atom is 0.220 e. The number of rotatable bonds is 8. The summed E-state index contributed by atoms with van der Waals surface area (Å²) in [4.78, 5) is 27.5. The van der Waals surface area contributed by atoms with Crippen molar-refractivity contribution >= 4 is 22.6 Å². The number of anilines is 1. The number of carbonyl (C=O) groups is 1. The van der Waals surface area contributed by atoms with E-state index < -0.39 is 0 Å². The van der Waals surface area contributed by atoms with E-state index in [1.54, 1.807) is 0 Å². The summed E-state index contributed by atoms with van der Waals surface area (Å²) in [7, 11) is 3.95. The molecule has 1 atom stereocenters. The molecule has 0 bridgehead atoms. The van der Waals surface area contributed by atoms with Crippen molar-refractivity contribution in [2.75, 3.05) is 19.0 Å². The minimum Gasteiger partial charge on any atom is -0.363 e. The Kier molecular flexibility index (Phi) is 6.54. The summed E-state index contributed by atoms with van der Waals surface area (Å²) in [5.41, 5.74) is 3.15. The van der Waals surface area contributed by atoms with Crippen LogP contribution >= 0.6 is 0 Å². The monoisotopic (exact) mass is 419 g/mol. The van der Waals surface area contributed by atoms with Crippen LogP contribution < -0.4 is 10.2 Å². The van der Waals surface area contributed by atoms with Gasteiger partial charge in [-0.05, 0) is 30.9 Å². The van der Waals surface area contributed by atoms with Crippen molar-refractivity contribution in [1.29, 1.82) is 0 Å². The molecule has 0 unspecified atom stereocenters. The minimum absolute atomic E-state index is 0.111. The second-order valence-electron chi connectivity index (χ2n) is 8.97. The first-order valence-electron chi connectivity index (χ1n) is 11.4. The second kappa shape index (κ2) is 9.50. The number of para-hydroxylation sites is 1. The summed E-state index contributed by atoms with van der Waals surface area (Å²) in [6, 6.07) is 10.1. The van der Waals surface area contributed by atoms with E-state index in [1.807, 2.05) is 50.3 Å². The van der Waals surface area contributed by atoms with Gasteiger partial charge in [0.1, 0.15) is 11.6 Å². The third-order valence-corrected chi connectivity index (χ3v) is 6.35. The second-order valence-corrected chi connectivity index (χ2v) is 8.97. The molecule has 2 heterocycles. The molecule has 0 spiro atoms. The smallest absolute Gasteiger partial charge is 0.220 e. The molecule has 1 fully saturated rings. The molecule has 6 nitrogen and oxygen atoms in total. The average Bonchev–Trinajstić information content (AvgIpc) is 3.41. The van der Waals surface area contributed by atoms with Gasteiger partial charge in [-0.15, -0.1) is 0 Å². The van der Waals surface area contributed by atoms with E-state index in [0.29, 0.717) is 24.6 Å². The largest absolute Gasteiger partial charge is 0.363 e. The number of H-pyrrole nitrogens is 1. The summed E-state index contributed by atoms with van der Waals surface area (Å²) < 4.78 is 0. The van der Waals surface area contributed by atoms with Crippen molar-refractivity contribution in [3.63, 3.8) is 0 Å². The molecule has 6 heteroatoms. The summed E-state index contributed by atoms with van der Waals surface area (Å²) >= 11 is 0. The fourth-order valence-corrected chi connectivity index (χ4v) is 4.63. The van der Waals surface area contributed by atoms with Gasteiger partial charge in [0.25, 0.3) is 0 Å². The molecule has 1 saturated carbocycles. The van der Waals surface area contributed by atoms with Crippen molar-refractivity contribution in [3.8, 4) is 0 Å². The molecule has 2 aromatic heterocycles. The van der Waals surface area contributed by atoms with Gasteiger partial charge in [0, 0.05) is 50.1 Å². The topological polar surface area (TPSA) is 73.9 Å². The van der Waals surface area contributed by atoms with Gasteiger partial charge in [-0.1, -0.05) is 43.9 Å². The zero-order valence-corrected chi connectivity index (χ0v) is 18.8. The molecule has 0 radical (unpaired) electrons. The number of hydrogen-bond acceptors (Lipinski definition) is 4. The van der Waals surface area contributed by atoms with Gasteiger partial charge >= 0.3 is 0 Å². The molecule has 1 amide bonds. The highest BCUT2D eigenvalue weighted by atomic mass is 16.1. The lowest BCUT2D eigenvalue weighted by Gasteiger charge is -2.21. The Morgan fingerprint density at radius 3 is 2.77 bits per heavy atom. The quantitative estimate of drug-likeness (QED) is 0.555. The Balaban J connectivity index is 1.57. The summed E-state index contributed by atoms with van der Waals surface area (Å²) in [6.45, 7) is 1.90. The van der Waals surface area contributed by atoms with E-state index in [2.05, 4.69) is 27.4 Å². The SMILES string of the molecule is Cc1nc([C@@H](Cc2c[nH]c3ccccc23)NC(=O)CCC2CCCC2)cc(N(C)C)n1. The summed E-state index contributed by atoms with van der Waals surface area (Å²) in [5, 5.41) is 4.48. The van der Waals surface area contributed by atoms with Crippen LogP contribution in [-0.4, -0.2) is 35.0 Å². The van der Waals surface area contributed by atoms with Crippen LogP contribution in [0, 0.1) is 12.8 Å². The van der Waals surface area contributed by atoms with Crippen LogP contribution in [0.2, 0.25) is 0 Å². The van der Waals surface area contributed by atoms with Crippen molar-refractivity contribution in [3.05, 3.63) is 53.6 Å². The molecule has 31 heavy (non-hydrogen) atoms. The Morgan fingerprint density at radius 2 is 2.00 bits per heavy atom. The highest BCUT2D eigenvalue weighted by Crippen LogP contribution is 2.29.